The molecule has 0 bridgehead atoms. The maximum atomic E-state index is 11.1. The van der Waals surface area contributed by atoms with Crippen LogP contribution in [0.2, 0.25) is 0 Å². The van der Waals surface area contributed by atoms with Crippen molar-refractivity contribution in [1.29, 1.82) is 0 Å². The molecule has 2 heterocycles. The second-order valence-corrected chi connectivity index (χ2v) is 7.02. The predicted octanol–water partition coefficient (Wildman–Crippen LogP) is 1.51. The Morgan fingerprint density at radius 1 is 1.53 bits per heavy atom. The Hall–Kier alpha value is -0.590. The van der Waals surface area contributed by atoms with Gasteiger partial charge in [0.05, 0.1) is 0 Å². The smallest absolute Gasteiger partial charge is 0.238 e. The molecule has 2 rings (SSSR count). The fraction of sp³-hybridized carbons (Fsp3) is 0.700. The second kappa shape index (κ2) is 4.96. The van der Waals surface area contributed by atoms with Crippen LogP contribution in [0.4, 0.5) is 0 Å². The highest BCUT2D eigenvalue weighted by Crippen LogP contribution is 2.24. The highest BCUT2D eigenvalue weighted by molar-refractivity contribution is 8.13. The van der Waals surface area contributed by atoms with Crippen molar-refractivity contribution in [3.05, 3.63) is 17.0 Å². The van der Waals surface area contributed by atoms with Crippen LogP contribution in [0.1, 0.15) is 30.4 Å². The van der Waals surface area contributed by atoms with Crippen molar-refractivity contribution in [1.82, 2.24) is 10.1 Å². The normalized spacial score (nSPS) is 17.1. The van der Waals surface area contributed by atoms with E-state index < -0.39 is 9.05 Å². The Morgan fingerprint density at radius 2 is 2.29 bits per heavy atom. The number of rotatable bonds is 4. The summed E-state index contributed by atoms with van der Waals surface area (Å²) in [6.45, 7) is 4.75. The van der Waals surface area contributed by atoms with E-state index in [2.05, 4.69) is 17.0 Å². The van der Waals surface area contributed by atoms with E-state index in [1.54, 1.807) is 0 Å². The van der Waals surface area contributed by atoms with Gasteiger partial charge in [0.1, 0.15) is 17.2 Å². The maximum Gasteiger partial charge on any atom is 0.238 e. The van der Waals surface area contributed by atoms with Crippen molar-refractivity contribution in [3.63, 3.8) is 0 Å². The van der Waals surface area contributed by atoms with Gasteiger partial charge in [-0.1, -0.05) is 12.1 Å². The zero-order chi connectivity index (χ0) is 12.5. The van der Waals surface area contributed by atoms with Crippen molar-refractivity contribution in [2.24, 2.45) is 0 Å². The fourth-order valence-electron chi connectivity index (χ4n) is 2.10. The molecule has 1 aromatic rings. The third-order valence-corrected chi connectivity index (χ3v) is 3.78. The number of aromatic nitrogens is 1. The van der Waals surface area contributed by atoms with Gasteiger partial charge in [0.2, 0.25) is 9.05 Å². The molecule has 0 aromatic carbocycles. The Bertz CT molecular complexity index is 498. The molecule has 5 nitrogen and oxygen atoms in total. The standard InChI is InChI=1S/C10H15ClN2O3S/c1-2-4-13-5-3-10-8(6-13)9(12-16-10)7-17(11,14)15/h2-7H2,1H3. The Morgan fingerprint density at radius 3 is 2.94 bits per heavy atom. The van der Waals surface area contributed by atoms with Gasteiger partial charge in [-0.05, 0) is 13.0 Å². The molecule has 0 amide bonds. The molecule has 17 heavy (non-hydrogen) atoms. The largest absolute Gasteiger partial charge is 0.361 e. The molecule has 1 aromatic heterocycles. The summed E-state index contributed by atoms with van der Waals surface area (Å²) in [5.41, 5.74) is 1.35. The summed E-state index contributed by atoms with van der Waals surface area (Å²) in [4.78, 5) is 2.27. The van der Waals surface area contributed by atoms with Crippen molar-refractivity contribution in [2.75, 3.05) is 13.1 Å². The fourth-order valence-corrected chi connectivity index (χ4v) is 2.97. The Kier molecular flexibility index (Phi) is 3.75. The number of nitrogens with zero attached hydrogens (tertiary/aromatic N) is 2. The summed E-state index contributed by atoms with van der Waals surface area (Å²) in [5.74, 6) is 0.542. The van der Waals surface area contributed by atoms with Crippen LogP contribution in [-0.2, 0) is 27.8 Å². The van der Waals surface area contributed by atoms with E-state index in [1.807, 2.05) is 0 Å². The monoisotopic (exact) mass is 278 g/mol. The summed E-state index contributed by atoms with van der Waals surface area (Å²) in [7, 11) is 1.66. The Balaban J connectivity index is 2.19. The summed E-state index contributed by atoms with van der Waals surface area (Å²) < 4.78 is 27.3. The van der Waals surface area contributed by atoms with Crippen LogP contribution < -0.4 is 0 Å². The molecule has 0 saturated heterocycles. The minimum absolute atomic E-state index is 0.257. The first-order valence-corrected chi connectivity index (χ1v) is 8.08. The van der Waals surface area contributed by atoms with Gasteiger partial charge in [0.15, 0.2) is 0 Å². The van der Waals surface area contributed by atoms with Gasteiger partial charge in [-0.25, -0.2) is 8.42 Å². The van der Waals surface area contributed by atoms with E-state index in [9.17, 15) is 8.42 Å². The summed E-state index contributed by atoms with van der Waals surface area (Å²) >= 11 is 0. The first kappa shape index (κ1) is 12.9. The molecule has 7 heteroatoms. The van der Waals surface area contributed by atoms with Crippen molar-refractivity contribution < 1.29 is 12.9 Å². The van der Waals surface area contributed by atoms with E-state index in [-0.39, 0.29) is 5.75 Å². The molecular formula is C10H15ClN2O3S. The molecule has 0 N–H and O–H groups in total. The number of halogens is 1. The molecule has 0 spiro atoms. The van der Waals surface area contributed by atoms with Gasteiger partial charge in [0.25, 0.3) is 0 Å². The summed E-state index contributed by atoms with van der Waals surface area (Å²) in [5, 5.41) is 3.81. The molecule has 0 radical (unpaired) electrons. The molecule has 0 fully saturated rings. The van der Waals surface area contributed by atoms with Crippen molar-refractivity contribution in [2.45, 2.75) is 32.1 Å². The van der Waals surface area contributed by atoms with Crippen LogP contribution >= 0.6 is 10.7 Å². The highest BCUT2D eigenvalue weighted by atomic mass is 35.7. The van der Waals surface area contributed by atoms with E-state index in [4.69, 9.17) is 15.2 Å². The molecule has 0 aliphatic carbocycles. The van der Waals surface area contributed by atoms with Crippen LogP contribution in [0.15, 0.2) is 4.52 Å². The highest BCUT2D eigenvalue weighted by Gasteiger charge is 2.25. The van der Waals surface area contributed by atoms with Crippen molar-refractivity contribution in [3.8, 4) is 0 Å². The maximum absolute atomic E-state index is 11.1. The minimum atomic E-state index is -3.58. The average molecular weight is 279 g/mol. The SMILES string of the molecule is CCCN1CCc2onc(CS(=O)(=O)Cl)c2C1. The molecule has 1 aliphatic rings. The molecule has 1 aliphatic heterocycles. The van der Waals surface area contributed by atoms with Gasteiger partial charge >= 0.3 is 0 Å². The van der Waals surface area contributed by atoms with E-state index in [0.29, 0.717) is 12.2 Å². The van der Waals surface area contributed by atoms with Crippen molar-refractivity contribution >= 4 is 19.7 Å². The van der Waals surface area contributed by atoms with Crippen LogP contribution in [-0.4, -0.2) is 31.6 Å². The molecular weight excluding hydrogens is 264 g/mol. The van der Waals surface area contributed by atoms with Gasteiger partial charge in [-0.3, -0.25) is 4.90 Å². The Labute approximate surface area is 105 Å². The number of hydrogen-bond acceptors (Lipinski definition) is 5. The molecule has 96 valence electrons. The third kappa shape index (κ3) is 3.20. The zero-order valence-electron chi connectivity index (χ0n) is 9.65. The van der Waals surface area contributed by atoms with E-state index in [0.717, 1.165) is 37.3 Å². The average Bonchev–Trinajstić information content (AvgIpc) is 2.60. The van der Waals surface area contributed by atoms with E-state index in [1.165, 1.54) is 0 Å². The van der Waals surface area contributed by atoms with Crippen LogP contribution in [0.3, 0.4) is 0 Å². The van der Waals surface area contributed by atoms with Crippen LogP contribution in [0, 0.1) is 0 Å². The third-order valence-electron chi connectivity index (χ3n) is 2.84. The topological polar surface area (TPSA) is 63.4 Å². The second-order valence-electron chi connectivity index (χ2n) is 4.24. The van der Waals surface area contributed by atoms with Crippen LogP contribution in [0.25, 0.3) is 0 Å². The number of hydrogen-bond donors (Lipinski definition) is 0. The lowest BCUT2D eigenvalue weighted by atomic mass is 10.1. The zero-order valence-corrected chi connectivity index (χ0v) is 11.2. The van der Waals surface area contributed by atoms with Gasteiger partial charge < -0.3 is 4.52 Å². The molecule has 0 saturated carbocycles. The van der Waals surface area contributed by atoms with Gasteiger partial charge in [-0.15, -0.1) is 0 Å². The lowest BCUT2D eigenvalue weighted by Crippen LogP contribution is -2.31. The number of fused-ring (bicyclic) bond motifs is 1. The lowest BCUT2D eigenvalue weighted by Gasteiger charge is -2.25. The summed E-state index contributed by atoms with van der Waals surface area (Å²) in [6, 6.07) is 0. The van der Waals surface area contributed by atoms with Gasteiger partial charge in [0, 0.05) is 35.8 Å². The first-order valence-electron chi connectivity index (χ1n) is 5.60. The lowest BCUT2D eigenvalue weighted by molar-refractivity contribution is 0.237. The summed E-state index contributed by atoms with van der Waals surface area (Å²) in [6.07, 6.45) is 1.86. The van der Waals surface area contributed by atoms with Crippen LogP contribution in [0.5, 0.6) is 0 Å². The first-order chi connectivity index (χ1) is 7.99. The predicted molar refractivity (Wildman–Crippen MR) is 64.3 cm³/mol. The molecule has 0 unspecified atom stereocenters. The quantitative estimate of drug-likeness (QED) is 0.781. The van der Waals surface area contributed by atoms with E-state index >= 15 is 0 Å². The molecule has 0 atom stereocenters. The minimum Gasteiger partial charge on any atom is -0.361 e. The van der Waals surface area contributed by atoms with Gasteiger partial charge in [-0.2, -0.15) is 0 Å².